The minimum Gasteiger partial charge on any atom is -0.302 e. The summed E-state index contributed by atoms with van der Waals surface area (Å²) in [6, 6.07) is 22.1. The molecule has 3 heteroatoms. The Morgan fingerprint density at radius 3 is 2.12 bits per heavy atom. The molecule has 1 heterocycles. The Bertz CT molecular complexity index is 621. The molecule has 3 nitrogen and oxygen atoms in total. The smallest absolute Gasteiger partial charge is 0.133 e. The molecule has 1 aliphatic heterocycles. The first-order chi connectivity index (χ1) is 12.3. The molecule has 25 heavy (non-hydrogen) atoms. The number of rotatable bonds is 8. The highest BCUT2D eigenvalue weighted by Gasteiger charge is 2.24. The van der Waals surface area contributed by atoms with Crippen LogP contribution in [0.25, 0.3) is 0 Å². The monoisotopic (exact) mass is 336 g/mol. The molecule has 0 aromatic heterocycles. The van der Waals surface area contributed by atoms with E-state index in [1.54, 1.807) is 0 Å². The quantitative estimate of drug-likeness (QED) is 0.690. The van der Waals surface area contributed by atoms with Crippen LogP contribution in [0.5, 0.6) is 0 Å². The first-order valence-corrected chi connectivity index (χ1v) is 9.33. The number of aldehydes is 1. The molecule has 2 aromatic rings. The Labute approximate surface area is 151 Å². The average molecular weight is 336 g/mol. The van der Waals surface area contributed by atoms with Gasteiger partial charge in [-0.2, -0.15) is 0 Å². The molecular weight excluding hydrogens is 308 g/mol. The molecule has 0 aliphatic carbocycles. The Balaban J connectivity index is 1.63. The van der Waals surface area contributed by atoms with Crippen molar-refractivity contribution in [2.45, 2.75) is 31.8 Å². The van der Waals surface area contributed by atoms with Gasteiger partial charge < -0.3 is 4.79 Å². The third-order valence-electron chi connectivity index (χ3n) is 5.17. The number of piperidine rings is 1. The molecule has 132 valence electrons. The lowest BCUT2D eigenvalue weighted by Gasteiger charge is -2.38. The van der Waals surface area contributed by atoms with E-state index in [2.05, 4.69) is 70.5 Å². The number of nitrogens with zero attached hydrogens (tertiary/aromatic N) is 2. The third-order valence-corrected chi connectivity index (χ3v) is 5.17. The van der Waals surface area contributed by atoms with E-state index in [0.29, 0.717) is 12.6 Å². The summed E-state index contributed by atoms with van der Waals surface area (Å²) >= 11 is 0. The Morgan fingerprint density at radius 1 is 0.920 bits per heavy atom. The molecule has 0 saturated carbocycles. The first kappa shape index (κ1) is 17.8. The molecule has 0 amide bonds. The molecule has 0 N–H and O–H groups in total. The highest BCUT2D eigenvalue weighted by molar-refractivity contribution is 5.51. The van der Waals surface area contributed by atoms with Gasteiger partial charge in [-0.05, 0) is 30.4 Å². The van der Waals surface area contributed by atoms with Crippen LogP contribution in [0.4, 0.5) is 0 Å². The molecule has 3 rings (SSSR count). The van der Waals surface area contributed by atoms with Gasteiger partial charge in [-0.1, -0.05) is 60.7 Å². The van der Waals surface area contributed by atoms with Crippen LogP contribution in [-0.4, -0.2) is 48.3 Å². The number of hydrogen-bond acceptors (Lipinski definition) is 3. The zero-order valence-electron chi connectivity index (χ0n) is 14.9. The highest BCUT2D eigenvalue weighted by Crippen LogP contribution is 2.19. The van der Waals surface area contributed by atoms with Gasteiger partial charge in [-0.25, -0.2) is 0 Å². The number of benzene rings is 2. The molecule has 0 spiro atoms. The normalized spacial score (nSPS) is 16.2. The van der Waals surface area contributed by atoms with Crippen molar-refractivity contribution < 1.29 is 4.79 Å². The molecule has 1 fully saturated rings. The second kappa shape index (κ2) is 9.50. The van der Waals surface area contributed by atoms with Gasteiger partial charge in [-0.15, -0.1) is 0 Å². The Hall–Kier alpha value is -1.97. The number of carbonyl (C=O) groups excluding carboxylic acids is 1. The molecule has 2 aromatic carbocycles. The van der Waals surface area contributed by atoms with Gasteiger partial charge in [0.05, 0.1) is 6.54 Å². The van der Waals surface area contributed by atoms with Crippen molar-refractivity contribution >= 4 is 6.29 Å². The third kappa shape index (κ3) is 5.52. The summed E-state index contributed by atoms with van der Waals surface area (Å²) in [5.41, 5.74) is 2.78. The summed E-state index contributed by atoms with van der Waals surface area (Å²) in [5, 5.41) is 0. The van der Waals surface area contributed by atoms with Gasteiger partial charge in [0.15, 0.2) is 0 Å². The maximum absolute atomic E-state index is 10.7. The van der Waals surface area contributed by atoms with Gasteiger partial charge in [0.1, 0.15) is 6.29 Å². The van der Waals surface area contributed by atoms with Gasteiger partial charge in [0.25, 0.3) is 0 Å². The minimum absolute atomic E-state index is 0.579. The van der Waals surface area contributed by atoms with Crippen LogP contribution in [0.15, 0.2) is 60.7 Å². The van der Waals surface area contributed by atoms with E-state index in [1.165, 1.54) is 11.1 Å². The van der Waals surface area contributed by atoms with Crippen molar-refractivity contribution in [3.8, 4) is 0 Å². The van der Waals surface area contributed by atoms with Gasteiger partial charge in [-0.3, -0.25) is 9.80 Å². The lowest BCUT2D eigenvalue weighted by atomic mass is 10.0. The van der Waals surface area contributed by atoms with Crippen LogP contribution in [0.1, 0.15) is 24.0 Å². The standard InChI is InChI=1S/C22H28N2O/c25-18-17-23-14-12-22(13-15-23)24(19-21-9-5-2-6-10-21)16-11-20-7-3-1-4-8-20/h1-10,18,22H,11-17,19H2. The fourth-order valence-electron chi connectivity index (χ4n) is 3.70. The maximum atomic E-state index is 10.7. The largest absolute Gasteiger partial charge is 0.302 e. The molecular formula is C22H28N2O. The van der Waals surface area contributed by atoms with Crippen LogP contribution < -0.4 is 0 Å². The fourth-order valence-corrected chi connectivity index (χ4v) is 3.70. The lowest BCUT2D eigenvalue weighted by molar-refractivity contribution is -0.109. The predicted molar refractivity (Wildman–Crippen MR) is 103 cm³/mol. The van der Waals surface area contributed by atoms with Crippen molar-refractivity contribution in [1.82, 2.24) is 9.80 Å². The lowest BCUT2D eigenvalue weighted by Crippen LogP contribution is -2.45. The van der Waals surface area contributed by atoms with E-state index >= 15 is 0 Å². The molecule has 1 aliphatic rings. The van der Waals surface area contributed by atoms with Gasteiger partial charge in [0.2, 0.25) is 0 Å². The molecule has 0 bridgehead atoms. The Kier molecular flexibility index (Phi) is 6.78. The van der Waals surface area contributed by atoms with E-state index in [4.69, 9.17) is 0 Å². The predicted octanol–water partition coefficient (Wildman–Crippen LogP) is 3.39. The molecule has 0 unspecified atom stereocenters. The molecule has 0 atom stereocenters. The van der Waals surface area contributed by atoms with E-state index in [0.717, 1.165) is 51.7 Å². The molecule has 0 radical (unpaired) electrons. The van der Waals surface area contributed by atoms with Crippen molar-refractivity contribution in [2.24, 2.45) is 0 Å². The SMILES string of the molecule is O=CCN1CCC(N(CCc2ccccc2)Cc2ccccc2)CC1. The summed E-state index contributed by atoms with van der Waals surface area (Å²) in [4.78, 5) is 15.6. The molecule has 1 saturated heterocycles. The van der Waals surface area contributed by atoms with Crippen LogP contribution in [0.2, 0.25) is 0 Å². The van der Waals surface area contributed by atoms with Crippen molar-refractivity contribution in [3.63, 3.8) is 0 Å². The van der Waals surface area contributed by atoms with Crippen LogP contribution in [0, 0.1) is 0 Å². The zero-order valence-corrected chi connectivity index (χ0v) is 14.9. The van der Waals surface area contributed by atoms with E-state index in [1.807, 2.05) is 0 Å². The van der Waals surface area contributed by atoms with E-state index in [9.17, 15) is 4.79 Å². The van der Waals surface area contributed by atoms with Gasteiger partial charge in [0, 0.05) is 32.2 Å². The summed E-state index contributed by atoms with van der Waals surface area (Å²) in [7, 11) is 0. The van der Waals surface area contributed by atoms with Crippen molar-refractivity contribution in [3.05, 3.63) is 71.8 Å². The van der Waals surface area contributed by atoms with Crippen molar-refractivity contribution in [2.75, 3.05) is 26.2 Å². The summed E-state index contributed by atoms with van der Waals surface area (Å²) in [6.07, 6.45) is 4.41. The minimum atomic E-state index is 0.579. The van der Waals surface area contributed by atoms with Crippen LogP contribution >= 0.6 is 0 Å². The fraction of sp³-hybridized carbons (Fsp3) is 0.409. The number of likely N-dealkylation sites (tertiary alicyclic amines) is 1. The van der Waals surface area contributed by atoms with E-state index < -0.39 is 0 Å². The van der Waals surface area contributed by atoms with Gasteiger partial charge >= 0.3 is 0 Å². The Morgan fingerprint density at radius 2 is 1.52 bits per heavy atom. The number of carbonyl (C=O) groups is 1. The van der Waals surface area contributed by atoms with Crippen LogP contribution in [0.3, 0.4) is 0 Å². The van der Waals surface area contributed by atoms with Crippen molar-refractivity contribution in [1.29, 1.82) is 0 Å². The van der Waals surface area contributed by atoms with Crippen LogP contribution in [-0.2, 0) is 17.8 Å². The summed E-state index contributed by atoms with van der Waals surface area (Å²) in [6.45, 7) is 4.72. The first-order valence-electron chi connectivity index (χ1n) is 9.33. The maximum Gasteiger partial charge on any atom is 0.133 e. The second-order valence-electron chi connectivity index (χ2n) is 6.89. The topological polar surface area (TPSA) is 23.6 Å². The second-order valence-corrected chi connectivity index (χ2v) is 6.89. The average Bonchev–Trinajstić information content (AvgIpc) is 2.68. The zero-order chi connectivity index (χ0) is 17.3. The number of hydrogen-bond donors (Lipinski definition) is 0. The highest BCUT2D eigenvalue weighted by atomic mass is 16.1. The van der Waals surface area contributed by atoms with E-state index in [-0.39, 0.29) is 0 Å². The summed E-state index contributed by atoms with van der Waals surface area (Å²) < 4.78 is 0. The summed E-state index contributed by atoms with van der Waals surface area (Å²) in [5.74, 6) is 0.